The van der Waals surface area contributed by atoms with Gasteiger partial charge in [0.2, 0.25) is 5.28 Å². The molecule has 0 unspecified atom stereocenters. The normalized spacial score (nSPS) is 14.8. The van der Waals surface area contributed by atoms with E-state index < -0.39 is 17.9 Å². The molecule has 12 aromatic carbocycles. The van der Waals surface area contributed by atoms with Gasteiger partial charge in [0.15, 0.2) is 5.82 Å². The Morgan fingerprint density at radius 1 is 0.298 bits per heavy atom. The molecule has 0 atom stereocenters. The molecule has 1 saturated heterocycles. The highest BCUT2D eigenvalue weighted by Gasteiger charge is 2.52. The number of para-hydroxylation sites is 6. The van der Waals surface area contributed by atoms with Crippen LogP contribution in [0.3, 0.4) is 0 Å². The number of fused-ring (bicyclic) bond motifs is 6. The van der Waals surface area contributed by atoms with Crippen LogP contribution in [-0.2, 0) is 20.1 Å². The summed E-state index contributed by atoms with van der Waals surface area (Å²) >= 11 is 5.95. The van der Waals surface area contributed by atoms with Gasteiger partial charge < -0.3 is 18.8 Å². The van der Waals surface area contributed by atoms with Gasteiger partial charge in [-0.25, -0.2) is 19.9 Å². The summed E-state index contributed by atoms with van der Waals surface area (Å²) in [5.41, 5.74) is 15.1. The molecular weight excluding hydrogens is 1180 g/mol. The zero-order valence-electron chi connectivity index (χ0n) is 52.4. The maximum atomic E-state index is 6.44. The van der Waals surface area contributed by atoms with E-state index in [9.17, 15) is 0 Å². The fraction of sp³-hybridized carbons (Fsp3) is 0.0952. The molecule has 0 radical (unpaired) electrons. The first kappa shape index (κ1) is 59.5. The summed E-state index contributed by atoms with van der Waals surface area (Å²) in [5.74, 6) is 4.21. The van der Waals surface area contributed by atoms with Crippen molar-refractivity contribution in [3.8, 4) is 56.9 Å². The van der Waals surface area contributed by atoms with Crippen molar-refractivity contribution in [3.05, 3.63) is 365 Å². The summed E-state index contributed by atoms with van der Waals surface area (Å²) in [6.07, 6.45) is 0. The molecule has 0 spiro atoms. The van der Waals surface area contributed by atoms with Crippen molar-refractivity contribution >= 4 is 46.0 Å². The Morgan fingerprint density at radius 2 is 0.628 bits per heavy atom. The molecule has 0 bridgehead atoms. The van der Waals surface area contributed by atoms with E-state index in [1.165, 1.54) is 16.7 Å². The first-order valence-corrected chi connectivity index (χ1v) is 32.1. The van der Waals surface area contributed by atoms with Crippen LogP contribution in [0.1, 0.15) is 72.2 Å². The van der Waals surface area contributed by atoms with Gasteiger partial charge in [-0.3, -0.25) is 0 Å². The number of halogens is 1. The van der Waals surface area contributed by atoms with Gasteiger partial charge >= 0.3 is 7.12 Å². The van der Waals surface area contributed by atoms with Gasteiger partial charge in [0.1, 0.15) is 23.0 Å². The second-order valence-electron chi connectivity index (χ2n) is 24.7. The molecule has 8 nitrogen and oxygen atoms in total. The van der Waals surface area contributed by atoms with Gasteiger partial charge in [0, 0.05) is 49.7 Å². The number of ether oxygens (including phenoxy) is 2. The molecule has 14 aromatic rings. The van der Waals surface area contributed by atoms with Crippen molar-refractivity contribution in [3.63, 3.8) is 0 Å². The average molecular weight is 1240 g/mol. The fourth-order valence-corrected chi connectivity index (χ4v) is 13.7. The van der Waals surface area contributed by atoms with Crippen LogP contribution in [0.4, 0.5) is 0 Å². The Bertz CT molecular complexity index is 4950. The monoisotopic (exact) mass is 1240 g/mol. The molecule has 10 heteroatoms. The van der Waals surface area contributed by atoms with Gasteiger partial charge in [0.05, 0.1) is 44.5 Å². The molecule has 0 N–H and O–H groups in total. The van der Waals surface area contributed by atoms with Crippen molar-refractivity contribution in [2.45, 2.75) is 49.7 Å². The third-order valence-electron chi connectivity index (χ3n) is 18.7. The molecule has 17 rings (SSSR count). The van der Waals surface area contributed by atoms with Crippen LogP contribution >= 0.6 is 11.6 Å². The third-order valence-corrected chi connectivity index (χ3v) is 18.9. The summed E-state index contributed by atoms with van der Waals surface area (Å²) in [4.78, 5) is 18.6. The van der Waals surface area contributed by atoms with Crippen LogP contribution in [0.2, 0.25) is 5.28 Å². The van der Waals surface area contributed by atoms with E-state index in [0.717, 1.165) is 106 Å². The summed E-state index contributed by atoms with van der Waals surface area (Å²) in [5, 5.41) is 2.34. The highest BCUT2D eigenvalue weighted by Crippen LogP contribution is 2.57. The molecular formula is C84H64BClN4O4. The predicted molar refractivity (Wildman–Crippen MR) is 379 cm³/mol. The number of rotatable bonds is 8. The van der Waals surface area contributed by atoms with Crippen molar-refractivity contribution in [1.29, 1.82) is 0 Å². The van der Waals surface area contributed by atoms with Crippen LogP contribution < -0.4 is 14.9 Å². The van der Waals surface area contributed by atoms with E-state index in [1.807, 2.05) is 109 Å². The second kappa shape index (κ2) is 24.7. The summed E-state index contributed by atoms with van der Waals surface area (Å²) in [6, 6.07) is 109. The number of hydrogen-bond acceptors (Lipinski definition) is 8. The number of hydrogen-bond donors (Lipinski definition) is 0. The molecule has 454 valence electrons. The second-order valence-corrected chi connectivity index (χ2v) is 25.0. The Hall–Kier alpha value is -10.8. The van der Waals surface area contributed by atoms with Gasteiger partial charge in [-0.05, 0) is 103 Å². The van der Waals surface area contributed by atoms with Gasteiger partial charge in [-0.2, -0.15) is 0 Å². The summed E-state index contributed by atoms with van der Waals surface area (Å²) < 4.78 is 25.5. The van der Waals surface area contributed by atoms with Crippen molar-refractivity contribution in [2.75, 3.05) is 0 Å². The zero-order valence-corrected chi connectivity index (χ0v) is 53.2. The number of aromatic nitrogens is 4. The SMILES string of the molecule is CC1(C)OB(c2ccc(C3(c4ccccc4)c4ccccc4Oc4ccccc43)cc2)OC1(C)C.Clc1nc(-c2ccccc2)c2ccccc2n1.c1ccc(-c2nc(-c3ccc(C4(c5ccccc5)c5ccccc5Oc5ccccc54)cc3)nc3ccccc23)cc1. The lowest BCUT2D eigenvalue weighted by Crippen LogP contribution is -2.41. The molecule has 2 aromatic heterocycles. The van der Waals surface area contributed by atoms with E-state index in [0.29, 0.717) is 5.82 Å². The minimum atomic E-state index is -0.551. The molecule has 0 saturated carbocycles. The third kappa shape index (κ3) is 10.6. The molecule has 94 heavy (non-hydrogen) atoms. The Kier molecular flexibility index (Phi) is 15.6. The average Bonchev–Trinajstić information content (AvgIpc) is 0.833. The summed E-state index contributed by atoms with van der Waals surface area (Å²) in [7, 11) is -0.393. The standard InChI is InChI=1S/C39H26N2O.C31H29BO3.C14H9ClN2/c1-3-13-27(14-4-1)37-31-17-7-10-20-34(31)40-38(41-37)28-23-25-30(26-24-28)39(29-15-5-2-6-16-29)32-18-8-11-21-35(32)42-36-22-12-9-19-33(36)39;1-29(2)30(3,4)35-32(34-29)24-20-18-23(19-21-24)31(22-12-6-5-7-13-22)25-14-8-10-16-27(25)33-28-17-11-9-15-26(28)31;15-14-16-12-9-5-4-8-11(12)13(17-14)10-6-2-1-3-7-10/h1-26H;5-21H,1-4H3;1-9H. The Morgan fingerprint density at radius 3 is 1.05 bits per heavy atom. The van der Waals surface area contributed by atoms with Gasteiger partial charge in [-0.15, -0.1) is 0 Å². The first-order valence-electron chi connectivity index (χ1n) is 31.7. The van der Waals surface area contributed by atoms with Crippen LogP contribution in [0, 0.1) is 0 Å². The molecule has 1 fully saturated rings. The van der Waals surface area contributed by atoms with Crippen LogP contribution in [0.5, 0.6) is 23.0 Å². The minimum Gasteiger partial charge on any atom is -0.457 e. The van der Waals surface area contributed by atoms with Crippen LogP contribution in [0.25, 0.3) is 55.7 Å². The molecule has 0 amide bonds. The van der Waals surface area contributed by atoms with E-state index >= 15 is 0 Å². The minimum absolute atomic E-state index is 0.280. The van der Waals surface area contributed by atoms with E-state index in [1.54, 1.807) is 0 Å². The predicted octanol–water partition coefficient (Wildman–Crippen LogP) is 19.9. The van der Waals surface area contributed by atoms with Crippen molar-refractivity contribution in [1.82, 2.24) is 19.9 Å². The van der Waals surface area contributed by atoms with Crippen molar-refractivity contribution < 1.29 is 18.8 Å². The molecule has 3 aliphatic heterocycles. The van der Waals surface area contributed by atoms with E-state index in [4.69, 9.17) is 40.4 Å². The van der Waals surface area contributed by atoms with Gasteiger partial charge in [0.25, 0.3) is 0 Å². The zero-order chi connectivity index (χ0) is 63.9. The quantitative estimate of drug-likeness (QED) is 0.110. The lowest BCUT2D eigenvalue weighted by atomic mass is 9.63. The van der Waals surface area contributed by atoms with Crippen LogP contribution in [-0.4, -0.2) is 38.3 Å². The summed E-state index contributed by atoms with van der Waals surface area (Å²) in [6.45, 7) is 8.34. The number of nitrogens with zero attached hydrogens (tertiary/aromatic N) is 4. The van der Waals surface area contributed by atoms with E-state index in [2.05, 4.69) is 244 Å². The number of benzene rings is 12. The molecule has 5 heterocycles. The smallest absolute Gasteiger partial charge is 0.457 e. The largest absolute Gasteiger partial charge is 0.494 e. The lowest BCUT2D eigenvalue weighted by molar-refractivity contribution is 0.00578. The first-order chi connectivity index (χ1) is 46.0. The maximum absolute atomic E-state index is 6.44. The highest BCUT2D eigenvalue weighted by atomic mass is 35.5. The highest BCUT2D eigenvalue weighted by molar-refractivity contribution is 6.62. The molecule has 3 aliphatic rings. The Balaban J connectivity index is 0.000000126. The van der Waals surface area contributed by atoms with E-state index in [-0.39, 0.29) is 16.5 Å². The van der Waals surface area contributed by atoms with Gasteiger partial charge in [-0.1, -0.05) is 279 Å². The topological polar surface area (TPSA) is 88.5 Å². The molecule has 0 aliphatic carbocycles. The van der Waals surface area contributed by atoms with Crippen molar-refractivity contribution in [2.24, 2.45) is 0 Å². The Labute approximate surface area is 553 Å². The maximum Gasteiger partial charge on any atom is 0.494 e. The lowest BCUT2D eigenvalue weighted by Gasteiger charge is -2.41. The fourth-order valence-electron chi connectivity index (χ4n) is 13.6. The van der Waals surface area contributed by atoms with Crippen LogP contribution in [0.15, 0.2) is 315 Å².